The molecule has 2 N–H and O–H groups in total. The van der Waals surface area contributed by atoms with Crippen molar-refractivity contribution in [2.24, 2.45) is 5.92 Å². The number of nitrogens with zero attached hydrogens (tertiary/aromatic N) is 1. The smallest absolute Gasteiger partial charge is 0.407 e. The van der Waals surface area contributed by atoms with Crippen LogP contribution in [0, 0.1) is 5.92 Å². The number of nitrogens with one attached hydrogen (secondary N) is 1. The summed E-state index contributed by atoms with van der Waals surface area (Å²) >= 11 is 0. The first kappa shape index (κ1) is 24.7. The zero-order chi connectivity index (χ0) is 24.9. The van der Waals surface area contributed by atoms with E-state index in [0.717, 1.165) is 28.7 Å². The van der Waals surface area contributed by atoms with E-state index in [1.807, 2.05) is 31.2 Å². The Hall–Kier alpha value is -3.39. The van der Waals surface area contributed by atoms with Crippen molar-refractivity contribution >= 4 is 18.0 Å². The number of carbonyl (C=O) groups is 3. The van der Waals surface area contributed by atoms with E-state index in [9.17, 15) is 19.5 Å². The molecule has 3 atom stereocenters. The molecule has 0 saturated carbocycles. The van der Waals surface area contributed by atoms with Gasteiger partial charge in [0.15, 0.2) is 0 Å². The number of benzene rings is 2. The Labute approximate surface area is 205 Å². The number of carboxylic acid groups (broad SMARTS) is 1. The SMILES string of the molecule is CCC[C@@H](CC(=O)N(C)C1COCC1C(=O)O)NC(=O)OCC1c2ccccc2-c2ccccc21. The van der Waals surface area contributed by atoms with Gasteiger partial charge in [-0.25, -0.2) is 4.79 Å². The molecule has 35 heavy (non-hydrogen) atoms. The minimum absolute atomic E-state index is 0.0409. The van der Waals surface area contributed by atoms with E-state index in [1.165, 1.54) is 4.90 Å². The number of hydrogen-bond donors (Lipinski definition) is 2. The highest BCUT2D eigenvalue weighted by molar-refractivity contribution is 5.80. The second-order valence-corrected chi connectivity index (χ2v) is 9.21. The van der Waals surface area contributed by atoms with Gasteiger partial charge in [-0.2, -0.15) is 0 Å². The van der Waals surface area contributed by atoms with E-state index in [0.29, 0.717) is 6.42 Å². The Morgan fingerprint density at radius 2 is 1.71 bits per heavy atom. The molecule has 4 rings (SSSR count). The standard InChI is InChI=1S/C27H32N2O6/c1-3-8-17(13-25(30)29(2)24-16-34-14-23(24)26(31)32)28-27(33)35-15-22-20-11-6-4-9-18(20)19-10-5-7-12-21(19)22/h4-7,9-12,17,22-24H,3,8,13-16H2,1-2H3,(H,28,33)(H,31,32)/t17-,23?,24?/m0/s1. The molecule has 8 heteroatoms. The fourth-order valence-corrected chi connectivity index (χ4v) is 5.08. The third-order valence-corrected chi connectivity index (χ3v) is 6.98. The lowest BCUT2D eigenvalue weighted by Crippen LogP contribution is -2.47. The summed E-state index contributed by atoms with van der Waals surface area (Å²) < 4.78 is 10.9. The number of alkyl carbamates (subject to hydrolysis) is 1. The quantitative estimate of drug-likeness (QED) is 0.568. The normalized spacial score (nSPS) is 19.5. The highest BCUT2D eigenvalue weighted by atomic mass is 16.5. The number of carboxylic acids is 1. The highest BCUT2D eigenvalue weighted by Gasteiger charge is 2.39. The topological polar surface area (TPSA) is 105 Å². The van der Waals surface area contributed by atoms with Crippen LogP contribution in [0.2, 0.25) is 0 Å². The van der Waals surface area contributed by atoms with Gasteiger partial charge in [0, 0.05) is 25.4 Å². The van der Waals surface area contributed by atoms with Crippen molar-refractivity contribution in [3.05, 3.63) is 59.7 Å². The average Bonchev–Trinajstić information content (AvgIpc) is 3.46. The van der Waals surface area contributed by atoms with Gasteiger partial charge in [-0.15, -0.1) is 0 Å². The molecule has 0 spiro atoms. The maximum Gasteiger partial charge on any atom is 0.407 e. The van der Waals surface area contributed by atoms with Crippen molar-refractivity contribution < 1.29 is 29.0 Å². The van der Waals surface area contributed by atoms with Crippen molar-refractivity contribution in [2.75, 3.05) is 26.9 Å². The molecule has 2 aromatic carbocycles. The molecule has 1 aliphatic carbocycles. The van der Waals surface area contributed by atoms with E-state index in [1.54, 1.807) is 7.05 Å². The Bertz CT molecular complexity index is 1040. The number of hydrogen-bond acceptors (Lipinski definition) is 5. The Morgan fingerprint density at radius 3 is 2.31 bits per heavy atom. The molecular weight excluding hydrogens is 448 g/mol. The molecular formula is C27H32N2O6. The molecule has 8 nitrogen and oxygen atoms in total. The van der Waals surface area contributed by atoms with Gasteiger partial charge in [0.25, 0.3) is 0 Å². The molecule has 0 bridgehead atoms. The van der Waals surface area contributed by atoms with Crippen LogP contribution in [0.3, 0.4) is 0 Å². The molecule has 1 heterocycles. The molecule has 2 amide bonds. The number of aliphatic carboxylic acids is 1. The van der Waals surface area contributed by atoms with E-state index >= 15 is 0 Å². The van der Waals surface area contributed by atoms with Gasteiger partial charge in [-0.05, 0) is 28.7 Å². The second-order valence-electron chi connectivity index (χ2n) is 9.21. The third kappa shape index (κ3) is 5.32. The van der Waals surface area contributed by atoms with Crippen LogP contribution in [0.1, 0.15) is 43.2 Å². The van der Waals surface area contributed by atoms with Gasteiger partial charge in [0.2, 0.25) is 5.91 Å². The zero-order valence-electron chi connectivity index (χ0n) is 20.1. The van der Waals surface area contributed by atoms with E-state index in [-0.39, 0.29) is 38.1 Å². The van der Waals surface area contributed by atoms with E-state index in [4.69, 9.17) is 9.47 Å². The molecule has 1 aliphatic heterocycles. The van der Waals surface area contributed by atoms with Crippen molar-refractivity contribution in [2.45, 2.75) is 44.2 Å². The lowest BCUT2D eigenvalue weighted by molar-refractivity contribution is -0.144. The number of amides is 2. The summed E-state index contributed by atoms with van der Waals surface area (Å²) in [6, 6.07) is 15.3. The number of fused-ring (bicyclic) bond motifs is 3. The molecule has 0 radical (unpaired) electrons. The van der Waals surface area contributed by atoms with Crippen LogP contribution in [0.15, 0.2) is 48.5 Å². The van der Waals surface area contributed by atoms with Crippen molar-refractivity contribution in [3.8, 4) is 11.1 Å². The van der Waals surface area contributed by atoms with Crippen LogP contribution in [-0.4, -0.2) is 66.9 Å². The maximum atomic E-state index is 12.9. The lowest BCUT2D eigenvalue weighted by atomic mass is 9.98. The summed E-state index contributed by atoms with van der Waals surface area (Å²) in [6.07, 6.45) is 0.883. The predicted molar refractivity (Wildman–Crippen MR) is 130 cm³/mol. The van der Waals surface area contributed by atoms with Crippen LogP contribution in [-0.2, 0) is 19.1 Å². The third-order valence-electron chi connectivity index (χ3n) is 6.98. The fourth-order valence-electron chi connectivity index (χ4n) is 5.08. The van der Waals surface area contributed by atoms with Gasteiger partial charge in [-0.3, -0.25) is 9.59 Å². The predicted octanol–water partition coefficient (Wildman–Crippen LogP) is 3.64. The lowest BCUT2D eigenvalue weighted by Gasteiger charge is -2.28. The van der Waals surface area contributed by atoms with Gasteiger partial charge in [-0.1, -0.05) is 61.9 Å². The number of ether oxygens (including phenoxy) is 2. The van der Waals surface area contributed by atoms with Crippen LogP contribution >= 0.6 is 0 Å². The van der Waals surface area contributed by atoms with Gasteiger partial charge < -0.3 is 24.8 Å². The Balaban J connectivity index is 1.36. The molecule has 2 unspecified atom stereocenters. The average molecular weight is 481 g/mol. The van der Waals surface area contributed by atoms with Crippen LogP contribution in [0.5, 0.6) is 0 Å². The van der Waals surface area contributed by atoms with Crippen molar-refractivity contribution in [1.29, 1.82) is 0 Å². The number of carbonyl (C=O) groups excluding carboxylic acids is 2. The van der Waals surface area contributed by atoms with Gasteiger partial charge >= 0.3 is 12.1 Å². The molecule has 2 aromatic rings. The summed E-state index contributed by atoms with van der Waals surface area (Å²) in [5.74, 6) is -2.00. The molecule has 2 aliphatic rings. The van der Waals surface area contributed by atoms with Crippen molar-refractivity contribution in [1.82, 2.24) is 10.2 Å². The first-order valence-electron chi connectivity index (χ1n) is 12.1. The molecule has 0 aromatic heterocycles. The van der Waals surface area contributed by atoms with Crippen LogP contribution in [0.4, 0.5) is 4.79 Å². The molecule has 1 fully saturated rings. The fraction of sp³-hybridized carbons (Fsp3) is 0.444. The second kappa shape index (κ2) is 10.9. The summed E-state index contributed by atoms with van der Waals surface area (Å²) in [7, 11) is 1.59. The largest absolute Gasteiger partial charge is 0.481 e. The minimum atomic E-state index is -0.978. The number of rotatable bonds is 9. The maximum absolute atomic E-state index is 12.9. The van der Waals surface area contributed by atoms with Crippen LogP contribution in [0.25, 0.3) is 11.1 Å². The van der Waals surface area contributed by atoms with E-state index < -0.39 is 30.1 Å². The van der Waals surface area contributed by atoms with Gasteiger partial charge in [0.1, 0.15) is 12.5 Å². The molecule has 1 saturated heterocycles. The minimum Gasteiger partial charge on any atom is -0.481 e. The first-order valence-corrected chi connectivity index (χ1v) is 12.1. The number of likely N-dealkylation sites (N-methyl/N-ethyl adjacent to an activating group) is 1. The summed E-state index contributed by atoms with van der Waals surface area (Å²) in [4.78, 5) is 38.5. The molecule has 186 valence electrons. The summed E-state index contributed by atoms with van der Waals surface area (Å²) in [5.41, 5.74) is 4.58. The Kier molecular flexibility index (Phi) is 7.70. The Morgan fingerprint density at radius 1 is 1.09 bits per heavy atom. The highest BCUT2D eigenvalue weighted by Crippen LogP contribution is 2.44. The summed E-state index contributed by atoms with van der Waals surface area (Å²) in [6.45, 7) is 2.46. The van der Waals surface area contributed by atoms with Gasteiger partial charge in [0.05, 0.1) is 19.3 Å². The zero-order valence-corrected chi connectivity index (χ0v) is 20.1. The first-order chi connectivity index (χ1) is 16.9. The van der Waals surface area contributed by atoms with Crippen LogP contribution < -0.4 is 5.32 Å². The summed E-state index contributed by atoms with van der Waals surface area (Å²) in [5, 5.41) is 12.2. The monoisotopic (exact) mass is 480 g/mol. The van der Waals surface area contributed by atoms with E-state index in [2.05, 4.69) is 29.6 Å². The van der Waals surface area contributed by atoms with Crippen molar-refractivity contribution in [3.63, 3.8) is 0 Å².